The second-order valence-corrected chi connectivity index (χ2v) is 9.08. The number of nitrogens with one attached hydrogen (secondary N) is 2. The van der Waals surface area contributed by atoms with Gasteiger partial charge in [-0.2, -0.15) is 4.31 Å². The zero-order chi connectivity index (χ0) is 19.3. The molecule has 0 aliphatic carbocycles. The average Bonchev–Trinajstić information content (AvgIpc) is 3.41. The van der Waals surface area contributed by atoms with Gasteiger partial charge in [0.1, 0.15) is 0 Å². The molecule has 0 bridgehead atoms. The van der Waals surface area contributed by atoms with Crippen LogP contribution in [0, 0.1) is 0 Å². The minimum absolute atomic E-state index is 0.229. The predicted molar refractivity (Wildman–Crippen MR) is 109 cm³/mol. The second kappa shape index (κ2) is 6.32. The summed E-state index contributed by atoms with van der Waals surface area (Å²) in [7, 11) is -3.54. The summed E-state index contributed by atoms with van der Waals surface area (Å²) in [6.07, 6.45) is 3.54. The lowest BCUT2D eigenvalue weighted by molar-refractivity contribution is -0.110. The zero-order valence-electron chi connectivity index (χ0n) is 15.1. The fourth-order valence-electron chi connectivity index (χ4n) is 3.88. The first-order valence-electron chi connectivity index (χ1n) is 9.28. The number of amides is 1. The fourth-order valence-corrected chi connectivity index (χ4v) is 5.42. The van der Waals surface area contributed by atoms with Gasteiger partial charge in [0.15, 0.2) is 0 Å². The number of hydrogen-bond acceptors (Lipinski definition) is 3. The Morgan fingerprint density at radius 2 is 1.79 bits per heavy atom. The maximum Gasteiger partial charge on any atom is 0.256 e. The molecule has 28 heavy (non-hydrogen) atoms. The lowest BCUT2D eigenvalue weighted by Gasteiger charge is -2.16. The topological polar surface area (TPSA) is 82.3 Å². The van der Waals surface area contributed by atoms with Gasteiger partial charge >= 0.3 is 0 Å². The van der Waals surface area contributed by atoms with E-state index in [1.165, 1.54) is 4.31 Å². The van der Waals surface area contributed by atoms with E-state index in [1.54, 1.807) is 24.3 Å². The molecule has 0 unspecified atom stereocenters. The number of benzene rings is 2. The summed E-state index contributed by atoms with van der Waals surface area (Å²) < 4.78 is 27.3. The van der Waals surface area contributed by atoms with Crippen LogP contribution < -0.4 is 5.32 Å². The number of H-pyrrole nitrogens is 1. The summed E-state index contributed by atoms with van der Waals surface area (Å²) in [5, 5.41) is 3.87. The van der Waals surface area contributed by atoms with Crippen LogP contribution in [0.5, 0.6) is 0 Å². The number of rotatable bonds is 3. The van der Waals surface area contributed by atoms with Gasteiger partial charge in [0.2, 0.25) is 10.0 Å². The molecular formula is C21H19N3O3S. The first kappa shape index (κ1) is 17.2. The zero-order valence-corrected chi connectivity index (χ0v) is 15.9. The molecule has 2 aliphatic rings. The van der Waals surface area contributed by atoms with Crippen molar-refractivity contribution in [3.05, 3.63) is 59.8 Å². The molecule has 7 heteroatoms. The van der Waals surface area contributed by atoms with E-state index in [2.05, 4.69) is 10.3 Å². The van der Waals surface area contributed by atoms with E-state index in [0.717, 1.165) is 29.4 Å². The first-order valence-corrected chi connectivity index (χ1v) is 10.7. The SMILES string of the molecule is O=C1Nc2ccc(S(=O)(=O)N3CCCC3)cc2/C1=C/c1cc2ccccc2[nH]1. The van der Waals surface area contributed by atoms with Crippen LogP contribution in [0.1, 0.15) is 24.1 Å². The highest BCUT2D eigenvalue weighted by molar-refractivity contribution is 7.89. The third-order valence-corrected chi connectivity index (χ3v) is 7.22. The van der Waals surface area contributed by atoms with Crippen molar-refractivity contribution in [3.63, 3.8) is 0 Å². The molecule has 1 fully saturated rings. The van der Waals surface area contributed by atoms with Crippen molar-refractivity contribution in [3.8, 4) is 0 Å². The number of aromatic nitrogens is 1. The Hall–Kier alpha value is -2.90. The summed E-state index contributed by atoms with van der Waals surface area (Å²) in [6, 6.07) is 14.7. The van der Waals surface area contributed by atoms with E-state index in [9.17, 15) is 13.2 Å². The summed E-state index contributed by atoms with van der Waals surface area (Å²) >= 11 is 0. The van der Waals surface area contributed by atoms with Gasteiger partial charge < -0.3 is 10.3 Å². The monoisotopic (exact) mass is 393 g/mol. The van der Waals surface area contributed by atoms with E-state index in [1.807, 2.05) is 30.3 Å². The Bertz CT molecular complexity index is 1200. The lowest BCUT2D eigenvalue weighted by Crippen LogP contribution is -2.27. The summed E-state index contributed by atoms with van der Waals surface area (Å²) in [6.45, 7) is 1.10. The van der Waals surface area contributed by atoms with E-state index < -0.39 is 10.0 Å². The van der Waals surface area contributed by atoms with Gasteiger partial charge in [0.25, 0.3) is 5.91 Å². The van der Waals surface area contributed by atoms with Gasteiger partial charge in [0.05, 0.1) is 10.5 Å². The summed E-state index contributed by atoms with van der Waals surface area (Å²) in [5.41, 5.74) is 3.49. The number of para-hydroxylation sites is 1. The molecule has 2 N–H and O–H groups in total. The van der Waals surface area contributed by atoms with Crippen LogP contribution in [0.4, 0.5) is 5.69 Å². The minimum Gasteiger partial charge on any atom is -0.355 e. The van der Waals surface area contributed by atoms with Gasteiger partial charge in [0, 0.05) is 35.6 Å². The van der Waals surface area contributed by atoms with Gasteiger partial charge in [-0.3, -0.25) is 4.79 Å². The van der Waals surface area contributed by atoms with Crippen molar-refractivity contribution >= 4 is 44.2 Å². The van der Waals surface area contributed by atoms with Crippen LogP contribution in [-0.4, -0.2) is 36.7 Å². The number of carbonyl (C=O) groups excluding carboxylic acids is 1. The van der Waals surface area contributed by atoms with Crippen molar-refractivity contribution in [2.45, 2.75) is 17.7 Å². The van der Waals surface area contributed by atoms with E-state index in [4.69, 9.17) is 0 Å². The minimum atomic E-state index is -3.54. The largest absolute Gasteiger partial charge is 0.355 e. The molecule has 142 valence electrons. The predicted octanol–water partition coefficient (Wildman–Crippen LogP) is 3.45. The normalized spacial score (nSPS) is 18.7. The Labute approximate surface area is 162 Å². The van der Waals surface area contributed by atoms with E-state index in [-0.39, 0.29) is 10.8 Å². The molecule has 5 rings (SSSR count). The fraction of sp³-hybridized carbons (Fsp3) is 0.190. The first-order chi connectivity index (χ1) is 13.5. The Kier molecular flexibility index (Phi) is 3.89. The molecule has 2 aromatic carbocycles. The molecule has 6 nitrogen and oxygen atoms in total. The second-order valence-electron chi connectivity index (χ2n) is 7.14. The van der Waals surface area contributed by atoms with Crippen molar-refractivity contribution in [2.24, 2.45) is 0 Å². The number of sulfonamides is 1. The number of nitrogens with zero attached hydrogens (tertiary/aromatic N) is 1. The van der Waals surface area contributed by atoms with Gasteiger partial charge in [-0.15, -0.1) is 0 Å². The molecule has 0 saturated carbocycles. The van der Waals surface area contributed by atoms with Crippen LogP contribution in [0.3, 0.4) is 0 Å². The van der Waals surface area contributed by atoms with Crippen molar-refractivity contribution in [1.29, 1.82) is 0 Å². The Morgan fingerprint density at radius 1 is 1.00 bits per heavy atom. The highest BCUT2D eigenvalue weighted by Gasteiger charge is 2.30. The van der Waals surface area contributed by atoms with Crippen LogP contribution in [0.2, 0.25) is 0 Å². The number of hydrogen-bond donors (Lipinski definition) is 2. The molecule has 3 heterocycles. The third kappa shape index (κ3) is 2.75. The molecule has 1 amide bonds. The van der Waals surface area contributed by atoms with Gasteiger partial charge in [-0.25, -0.2) is 8.42 Å². The Morgan fingerprint density at radius 3 is 2.57 bits per heavy atom. The number of anilines is 1. The number of aromatic amines is 1. The van der Waals surface area contributed by atoms with Crippen molar-refractivity contribution in [2.75, 3.05) is 18.4 Å². The van der Waals surface area contributed by atoms with Crippen molar-refractivity contribution in [1.82, 2.24) is 9.29 Å². The van der Waals surface area contributed by atoms with Gasteiger partial charge in [-0.1, -0.05) is 18.2 Å². The van der Waals surface area contributed by atoms with Crippen LogP contribution in [0.25, 0.3) is 22.6 Å². The molecule has 3 aromatic rings. The lowest BCUT2D eigenvalue weighted by atomic mass is 10.1. The molecule has 2 aliphatic heterocycles. The molecule has 1 saturated heterocycles. The maximum atomic E-state index is 12.9. The van der Waals surface area contributed by atoms with E-state index in [0.29, 0.717) is 29.9 Å². The van der Waals surface area contributed by atoms with E-state index >= 15 is 0 Å². The number of fused-ring (bicyclic) bond motifs is 2. The standard InChI is InChI=1S/C21H19N3O3S/c25-21-18(12-15-11-14-5-1-2-6-19(14)22-15)17-13-16(7-8-20(17)23-21)28(26,27)24-9-3-4-10-24/h1-2,5-8,11-13,22H,3-4,9-10H2,(H,23,25)/b18-12-. The van der Waals surface area contributed by atoms with Crippen LogP contribution >= 0.6 is 0 Å². The highest BCUT2D eigenvalue weighted by Crippen LogP contribution is 2.36. The van der Waals surface area contributed by atoms with Crippen LogP contribution in [0.15, 0.2) is 53.4 Å². The molecule has 0 spiro atoms. The highest BCUT2D eigenvalue weighted by atomic mass is 32.2. The van der Waals surface area contributed by atoms with Gasteiger partial charge in [-0.05, 0) is 54.6 Å². The molecule has 0 atom stereocenters. The quantitative estimate of drug-likeness (QED) is 0.669. The van der Waals surface area contributed by atoms with Crippen molar-refractivity contribution < 1.29 is 13.2 Å². The number of carbonyl (C=O) groups is 1. The smallest absolute Gasteiger partial charge is 0.256 e. The molecular weight excluding hydrogens is 374 g/mol. The summed E-state index contributed by atoms with van der Waals surface area (Å²) in [5.74, 6) is -0.232. The Balaban J connectivity index is 1.58. The molecule has 1 aromatic heterocycles. The summed E-state index contributed by atoms with van der Waals surface area (Å²) in [4.78, 5) is 16.0. The van der Waals surface area contributed by atoms with Crippen LogP contribution in [-0.2, 0) is 14.8 Å². The molecule has 0 radical (unpaired) electrons. The average molecular weight is 393 g/mol. The third-order valence-electron chi connectivity index (χ3n) is 5.33. The maximum absolute atomic E-state index is 12.9.